The Kier molecular flexibility index (Phi) is 4.92. The van der Waals surface area contributed by atoms with E-state index in [1.165, 1.54) is 6.92 Å². The number of benzene rings is 1. The maximum atomic E-state index is 12.5. The fourth-order valence-electron chi connectivity index (χ4n) is 3.11. The third-order valence-electron chi connectivity index (χ3n) is 4.34. The lowest BCUT2D eigenvalue weighted by atomic mass is 10.0. The minimum Gasteiger partial charge on any atom is -0.456 e. The van der Waals surface area contributed by atoms with Crippen LogP contribution in [0, 0.1) is 0 Å². The molecule has 144 valence electrons. The first-order valence-corrected chi connectivity index (χ1v) is 9.77. The lowest BCUT2D eigenvalue weighted by Crippen LogP contribution is -2.74. The lowest BCUT2D eigenvalue weighted by Gasteiger charge is -2.48. The highest BCUT2D eigenvalue weighted by Gasteiger charge is 2.60. The fraction of sp³-hybridized carbons (Fsp3) is 0.353. The Balaban J connectivity index is 1.82. The van der Waals surface area contributed by atoms with E-state index in [0.29, 0.717) is 0 Å². The Hall–Kier alpha value is -2.88. The van der Waals surface area contributed by atoms with Crippen molar-refractivity contribution in [3.05, 3.63) is 47.2 Å². The first-order chi connectivity index (χ1) is 12.8. The molecular weight excluding hydrogens is 376 g/mol. The molecule has 27 heavy (non-hydrogen) atoms. The number of amides is 2. The molecule has 2 aliphatic heterocycles. The highest BCUT2D eigenvalue weighted by atomic mass is 32.2. The zero-order valence-corrected chi connectivity index (χ0v) is 15.5. The van der Waals surface area contributed by atoms with Crippen LogP contribution in [0.5, 0.6) is 0 Å². The number of hydrogen-bond acceptors (Lipinski definition) is 7. The van der Waals surface area contributed by atoms with Gasteiger partial charge in [-0.3, -0.25) is 9.69 Å². The number of fused-ring (bicyclic) bond motifs is 1. The summed E-state index contributed by atoms with van der Waals surface area (Å²) in [5, 5.41) is 0.842. The third-order valence-corrected chi connectivity index (χ3v) is 6.39. The summed E-state index contributed by atoms with van der Waals surface area (Å²) in [6.07, 6.45) is -0.928. The van der Waals surface area contributed by atoms with Gasteiger partial charge >= 0.3 is 12.1 Å². The maximum absolute atomic E-state index is 12.5. The van der Waals surface area contributed by atoms with Crippen molar-refractivity contribution >= 4 is 27.8 Å². The Morgan fingerprint density at radius 2 is 1.93 bits per heavy atom. The highest BCUT2D eigenvalue weighted by Crippen LogP contribution is 2.37. The molecule has 0 bridgehead atoms. The zero-order valence-electron chi connectivity index (χ0n) is 14.7. The van der Waals surface area contributed by atoms with Crippen LogP contribution in [0.2, 0.25) is 0 Å². The van der Waals surface area contributed by atoms with Gasteiger partial charge in [0.1, 0.15) is 18.3 Å². The number of alkyl carbamates (subject to hydrolysis) is 1. The van der Waals surface area contributed by atoms with Crippen LogP contribution in [0.4, 0.5) is 4.79 Å². The molecule has 10 heteroatoms. The van der Waals surface area contributed by atoms with Crippen molar-refractivity contribution in [2.24, 2.45) is 0 Å². The van der Waals surface area contributed by atoms with Crippen molar-refractivity contribution in [2.75, 3.05) is 12.9 Å². The van der Waals surface area contributed by atoms with E-state index in [-0.39, 0.29) is 17.9 Å². The molecule has 1 N–H and O–H groups in total. The van der Waals surface area contributed by atoms with Gasteiger partial charge in [0.2, 0.25) is 0 Å². The summed E-state index contributed by atoms with van der Waals surface area (Å²) in [6, 6.07) is 7.65. The first-order valence-electron chi connectivity index (χ1n) is 8.06. The van der Waals surface area contributed by atoms with Gasteiger partial charge in [-0.1, -0.05) is 30.3 Å². The van der Waals surface area contributed by atoms with Crippen LogP contribution in [0.1, 0.15) is 12.5 Å². The number of nitrogens with zero attached hydrogens (tertiary/aromatic N) is 1. The van der Waals surface area contributed by atoms with Gasteiger partial charge in [0.25, 0.3) is 5.91 Å². The number of carbonyl (C=O) groups is 3. The molecule has 1 aromatic carbocycles. The highest BCUT2D eigenvalue weighted by molar-refractivity contribution is 7.92. The monoisotopic (exact) mass is 394 g/mol. The van der Waals surface area contributed by atoms with E-state index in [1.54, 1.807) is 24.3 Å². The number of hydrogen-bond donors (Lipinski definition) is 1. The number of ether oxygens (including phenoxy) is 2. The molecule has 9 nitrogen and oxygen atoms in total. The lowest BCUT2D eigenvalue weighted by molar-refractivity contribution is -0.152. The molecule has 0 spiro atoms. The maximum Gasteiger partial charge on any atom is 0.407 e. The number of esters is 1. The van der Waals surface area contributed by atoms with E-state index in [2.05, 4.69) is 10.1 Å². The molecular formula is C17H18N2O7S. The van der Waals surface area contributed by atoms with E-state index in [1.807, 2.05) is 6.07 Å². The fourth-order valence-corrected chi connectivity index (χ4v) is 5.15. The van der Waals surface area contributed by atoms with E-state index in [9.17, 15) is 22.8 Å². The van der Waals surface area contributed by atoms with Crippen LogP contribution in [0.15, 0.2) is 41.6 Å². The molecule has 0 saturated carbocycles. The van der Waals surface area contributed by atoms with Crippen LogP contribution in [0.3, 0.4) is 0 Å². The Morgan fingerprint density at radius 1 is 1.26 bits per heavy atom. The number of rotatable bonds is 4. The first kappa shape index (κ1) is 18.9. The second-order valence-electron chi connectivity index (χ2n) is 6.21. The average molecular weight is 394 g/mol. The van der Waals surface area contributed by atoms with E-state index >= 15 is 0 Å². The predicted molar refractivity (Wildman–Crippen MR) is 92.7 cm³/mol. The quantitative estimate of drug-likeness (QED) is 0.577. The van der Waals surface area contributed by atoms with Crippen LogP contribution < -0.4 is 5.32 Å². The number of sulfone groups is 1. The van der Waals surface area contributed by atoms with Crippen LogP contribution >= 0.6 is 0 Å². The summed E-state index contributed by atoms with van der Waals surface area (Å²) in [6.45, 7) is 1.45. The second kappa shape index (κ2) is 7.03. The summed E-state index contributed by atoms with van der Waals surface area (Å²) >= 11 is 0. The third kappa shape index (κ3) is 3.39. The van der Waals surface area contributed by atoms with Crippen molar-refractivity contribution in [2.45, 2.75) is 24.9 Å². The topological polar surface area (TPSA) is 119 Å². The average Bonchev–Trinajstić information content (AvgIpc) is 2.63. The number of carbonyl (C=O) groups excluding carboxylic acids is 3. The summed E-state index contributed by atoms with van der Waals surface area (Å²) in [4.78, 5) is 37.2. The molecule has 3 rings (SSSR count). The molecule has 1 unspecified atom stereocenters. The van der Waals surface area contributed by atoms with Gasteiger partial charge in [-0.15, -0.1) is 0 Å². The van der Waals surface area contributed by atoms with Crippen molar-refractivity contribution in [3.63, 3.8) is 0 Å². The van der Waals surface area contributed by atoms with Crippen molar-refractivity contribution in [3.8, 4) is 0 Å². The second-order valence-corrected chi connectivity index (χ2v) is 8.31. The Labute approximate surface area is 155 Å². The standard InChI is InChI=1S/C17H18N2O7S/c1-10-9-27(23,24)15-12(18-17(22)25-2)14(20)19(15)13(10)16(21)26-8-11-6-4-3-5-7-11/h3-7,12,15H,8-9H2,1-2H3,(H,18,22)/t12-,15?/m1/s1. The molecule has 2 aliphatic rings. The van der Waals surface area contributed by atoms with Crippen molar-refractivity contribution < 1.29 is 32.3 Å². The Morgan fingerprint density at radius 3 is 2.56 bits per heavy atom. The molecule has 2 amide bonds. The summed E-state index contributed by atoms with van der Waals surface area (Å²) in [5.41, 5.74) is 0.872. The molecule has 1 fully saturated rings. The SMILES string of the molecule is COC(=O)N[C@@H]1C(=O)N2C(C(=O)OCc3ccccc3)=C(C)CS(=O)(=O)C12. The minimum absolute atomic E-state index is 0.0141. The van der Waals surface area contributed by atoms with Gasteiger partial charge in [-0.2, -0.15) is 0 Å². The molecule has 0 aromatic heterocycles. The Bertz CT molecular complexity index is 924. The minimum atomic E-state index is -3.77. The molecule has 1 aromatic rings. The van der Waals surface area contributed by atoms with Crippen LogP contribution in [-0.4, -0.2) is 55.6 Å². The van der Waals surface area contributed by atoms with Gasteiger partial charge in [0.15, 0.2) is 15.2 Å². The molecule has 2 heterocycles. The van der Waals surface area contributed by atoms with Gasteiger partial charge < -0.3 is 14.8 Å². The largest absolute Gasteiger partial charge is 0.456 e. The molecule has 2 atom stereocenters. The van der Waals surface area contributed by atoms with E-state index in [0.717, 1.165) is 17.6 Å². The number of β-lactam (4-membered cyclic amide) rings is 1. The van der Waals surface area contributed by atoms with Gasteiger partial charge in [-0.05, 0) is 18.1 Å². The normalized spacial score (nSPS) is 23.2. The van der Waals surface area contributed by atoms with E-state index in [4.69, 9.17) is 4.74 Å². The van der Waals surface area contributed by atoms with Crippen molar-refractivity contribution in [1.82, 2.24) is 10.2 Å². The van der Waals surface area contributed by atoms with Gasteiger partial charge in [-0.25, -0.2) is 18.0 Å². The molecule has 0 aliphatic carbocycles. The summed E-state index contributed by atoms with van der Waals surface area (Å²) in [5.74, 6) is -1.91. The number of methoxy groups -OCH3 is 1. The summed E-state index contributed by atoms with van der Waals surface area (Å²) < 4.78 is 34.6. The zero-order chi connectivity index (χ0) is 19.8. The molecule has 0 radical (unpaired) electrons. The van der Waals surface area contributed by atoms with Crippen LogP contribution in [-0.2, 0) is 35.5 Å². The number of nitrogens with one attached hydrogen (secondary N) is 1. The van der Waals surface area contributed by atoms with Gasteiger partial charge in [0, 0.05) is 0 Å². The van der Waals surface area contributed by atoms with Crippen LogP contribution in [0.25, 0.3) is 0 Å². The predicted octanol–water partition coefficient (Wildman–Crippen LogP) is 0.325. The van der Waals surface area contributed by atoms with Gasteiger partial charge in [0.05, 0.1) is 12.9 Å². The van der Waals surface area contributed by atoms with Crippen molar-refractivity contribution in [1.29, 1.82) is 0 Å². The smallest absolute Gasteiger partial charge is 0.407 e. The molecule has 1 saturated heterocycles. The summed E-state index contributed by atoms with van der Waals surface area (Å²) in [7, 11) is -2.67. The van der Waals surface area contributed by atoms with E-state index < -0.39 is 45.0 Å².